The number of carboxylic acids is 1. The molecule has 118 valence electrons. The first-order valence-corrected chi connectivity index (χ1v) is 6.89. The number of ether oxygens (including phenoxy) is 2. The van der Waals surface area contributed by atoms with Gasteiger partial charge in [0.25, 0.3) is 5.91 Å². The van der Waals surface area contributed by atoms with Crippen molar-refractivity contribution >= 4 is 11.9 Å². The molecule has 2 atom stereocenters. The quantitative estimate of drug-likeness (QED) is 0.815. The monoisotopic (exact) mass is 306 g/mol. The summed E-state index contributed by atoms with van der Waals surface area (Å²) >= 11 is 0. The highest BCUT2D eigenvalue weighted by molar-refractivity contribution is 5.95. The molecule has 1 aromatic heterocycles. The average Bonchev–Trinajstić information content (AvgIpc) is 2.51. The molecule has 1 saturated heterocycles. The minimum absolute atomic E-state index is 0.0179. The molecule has 1 aromatic rings. The number of hydrogen-bond acceptors (Lipinski definition) is 5. The van der Waals surface area contributed by atoms with Crippen LogP contribution in [0.5, 0.6) is 5.75 Å². The van der Waals surface area contributed by atoms with E-state index >= 15 is 0 Å². The lowest BCUT2D eigenvalue weighted by molar-refractivity contribution is -0.160. The predicted octanol–water partition coefficient (Wildman–Crippen LogP) is 0.961. The van der Waals surface area contributed by atoms with Crippen LogP contribution in [-0.4, -0.2) is 58.8 Å². The van der Waals surface area contributed by atoms with Gasteiger partial charge in [0.2, 0.25) is 0 Å². The molecular formula is C15H18N2O5. The Balaban J connectivity index is 2.20. The second-order valence-corrected chi connectivity index (χ2v) is 4.93. The fourth-order valence-corrected chi connectivity index (χ4v) is 2.22. The third kappa shape index (κ3) is 3.62. The number of morpholine rings is 1. The van der Waals surface area contributed by atoms with Gasteiger partial charge in [-0.1, -0.05) is 12.7 Å². The van der Waals surface area contributed by atoms with Crippen molar-refractivity contribution in [1.82, 2.24) is 9.88 Å². The summed E-state index contributed by atoms with van der Waals surface area (Å²) in [6.07, 6.45) is 1.67. The Hall–Kier alpha value is -2.41. The smallest absolute Gasteiger partial charge is 0.334 e. The van der Waals surface area contributed by atoms with E-state index in [1.165, 1.54) is 11.1 Å². The van der Waals surface area contributed by atoms with Crippen molar-refractivity contribution in [2.24, 2.45) is 0 Å². The van der Waals surface area contributed by atoms with Crippen LogP contribution in [-0.2, 0) is 9.53 Å². The maximum Gasteiger partial charge on any atom is 0.334 e. The van der Waals surface area contributed by atoms with Gasteiger partial charge in [0.15, 0.2) is 17.5 Å². The summed E-state index contributed by atoms with van der Waals surface area (Å²) < 4.78 is 10.7. The van der Waals surface area contributed by atoms with Gasteiger partial charge in [0.1, 0.15) is 6.61 Å². The Bertz CT molecular complexity index is 575. The lowest BCUT2D eigenvalue weighted by Crippen LogP contribution is -2.52. The topological polar surface area (TPSA) is 89.0 Å². The summed E-state index contributed by atoms with van der Waals surface area (Å²) in [7, 11) is 0. The van der Waals surface area contributed by atoms with Crippen molar-refractivity contribution in [3.05, 3.63) is 36.7 Å². The number of nitrogens with zero attached hydrogens (tertiary/aromatic N) is 2. The van der Waals surface area contributed by atoms with Gasteiger partial charge < -0.3 is 19.5 Å². The Labute approximate surface area is 128 Å². The van der Waals surface area contributed by atoms with E-state index in [1.807, 2.05) is 0 Å². The summed E-state index contributed by atoms with van der Waals surface area (Å²) in [6, 6.07) is 3.31. The van der Waals surface area contributed by atoms with Crippen LogP contribution >= 0.6 is 0 Å². The SMILES string of the molecule is C=CCOc1cccnc1C(=O)N1CC(C(=O)O)O[C@H](C)C1. The highest BCUT2D eigenvalue weighted by Crippen LogP contribution is 2.20. The standard InChI is InChI=1S/C15H18N2O5/c1-3-7-21-11-5-4-6-16-13(11)14(18)17-8-10(2)22-12(9-17)15(19)20/h3-6,10,12H,1,7-9H2,2H3,(H,19,20)/t10-,12?/m1/s1. The molecule has 0 bridgehead atoms. The largest absolute Gasteiger partial charge is 0.487 e. The summed E-state index contributed by atoms with van der Waals surface area (Å²) in [4.78, 5) is 29.2. The zero-order valence-electron chi connectivity index (χ0n) is 12.3. The Morgan fingerprint density at radius 2 is 2.36 bits per heavy atom. The normalized spacial score (nSPS) is 21.2. The van der Waals surface area contributed by atoms with Gasteiger partial charge in [0.05, 0.1) is 12.6 Å². The number of aliphatic carboxylic acids is 1. The molecule has 7 nitrogen and oxygen atoms in total. The molecule has 2 rings (SSSR count). The molecule has 1 N–H and O–H groups in total. The van der Waals surface area contributed by atoms with Gasteiger partial charge in [0, 0.05) is 12.7 Å². The van der Waals surface area contributed by atoms with Crippen LogP contribution in [0.1, 0.15) is 17.4 Å². The van der Waals surface area contributed by atoms with Gasteiger partial charge in [-0.25, -0.2) is 9.78 Å². The number of rotatable bonds is 5. The number of carbonyl (C=O) groups excluding carboxylic acids is 1. The van der Waals surface area contributed by atoms with Gasteiger partial charge in [-0.2, -0.15) is 0 Å². The number of amides is 1. The van der Waals surface area contributed by atoms with Crippen LogP contribution in [0, 0.1) is 0 Å². The number of carbonyl (C=O) groups is 2. The second kappa shape index (κ2) is 7.04. The molecule has 0 radical (unpaired) electrons. The minimum atomic E-state index is -1.09. The van der Waals surface area contributed by atoms with E-state index in [0.717, 1.165) is 0 Å². The fourth-order valence-electron chi connectivity index (χ4n) is 2.22. The lowest BCUT2D eigenvalue weighted by Gasteiger charge is -2.34. The molecule has 1 aliphatic heterocycles. The molecule has 1 amide bonds. The van der Waals surface area contributed by atoms with Crippen LogP contribution in [0.3, 0.4) is 0 Å². The second-order valence-electron chi connectivity index (χ2n) is 4.93. The first kappa shape index (κ1) is 16.0. The molecule has 1 fully saturated rings. The van der Waals surface area contributed by atoms with Crippen molar-refractivity contribution < 1.29 is 24.2 Å². The van der Waals surface area contributed by atoms with Crippen LogP contribution < -0.4 is 4.74 Å². The zero-order chi connectivity index (χ0) is 16.1. The van der Waals surface area contributed by atoms with E-state index < -0.39 is 12.1 Å². The molecule has 2 heterocycles. The minimum Gasteiger partial charge on any atom is -0.487 e. The third-order valence-electron chi connectivity index (χ3n) is 3.15. The number of aromatic nitrogens is 1. The highest BCUT2D eigenvalue weighted by atomic mass is 16.5. The molecule has 0 saturated carbocycles. The Morgan fingerprint density at radius 1 is 1.59 bits per heavy atom. The molecular weight excluding hydrogens is 288 g/mol. The van der Waals surface area contributed by atoms with E-state index in [2.05, 4.69) is 11.6 Å². The van der Waals surface area contributed by atoms with Crippen molar-refractivity contribution in [2.75, 3.05) is 19.7 Å². The van der Waals surface area contributed by atoms with E-state index in [1.54, 1.807) is 25.1 Å². The van der Waals surface area contributed by atoms with E-state index in [0.29, 0.717) is 12.3 Å². The Morgan fingerprint density at radius 3 is 3.05 bits per heavy atom. The van der Waals surface area contributed by atoms with Gasteiger partial charge >= 0.3 is 5.97 Å². The fraction of sp³-hybridized carbons (Fsp3) is 0.400. The summed E-state index contributed by atoms with van der Waals surface area (Å²) in [5.41, 5.74) is 0.155. The number of hydrogen-bond donors (Lipinski definition) is 1. The Kier molecular flexibility index (Phi) is 5.11. The molecule has 0 spiro atoms. The van der Waals surface area contributed by atoms with Crippen LogP contribution in [0.4, 0.5) is 0 Å². The third-order valence-corrected chi connectivity index (χ3v) is 3.15. The molecule has 7 heteroatoms. The molecule has 0 aliphatic carbocycles. The van der Waals surface area contributed by atoms with Crippen LogP contribution in [0.15, 0.2) is 31.0 Å². The predicted molar refractivity (Wildman–Crippen MR) is 77.8 cm³/mol. The first-order valence-electron chi connectivity index (χ1n) is 6.89. The molecule has 22 heavy (non-hydrogen) atoms. The summed E-state index contributed by atoms with van der Waals surface area (Å²) in [5, 5.41) is 9.08. The van der Waals surface area contributed by atoms with E-state index in [9.17, 15) is 9.59 Å². The van der Waals surface area contributed by atoms with Crippen LogP contribution in [0.2, 0.25) is 0 Å². The van der Waals surface area contributed by atoms with Gasteiger partial charge in [-0.3, -0.25) is 4.79 Å². The van der Waals surface area contributed by atoms with E-state index in [-0.39, 0.29) is 30.9 Å². The van der Waals surface area contributed by atoms with Gasteiger partial charge in [-0.15, -0.1) is 0 Å². The van der Waals surface area contributed by atoms with Gasteiger partial charge in [-0.05, 0) is 19.1 Å². The van der Waals surface area contributed by atoms with Crippen molar-refractivity contribution in [3.63, 3.8) is 0 Å². The van der Waals surface area contributed by atoms with Crippen molar-refractivity contribution in [1.29, 1.82) is 0 Å². The lowest BCUT2D eigenvalue weighted by atomic mass is 10.2. The maximum atomic E-state index is 12.6. The highest BCUT2D eigenvalue weighted by Gasteiger charge is 2.34. The number of carboxylic acid groups (broad SMARTS) is 1. The maximum absolute atomic E-state index is 12.6. The summed E-state index contributed by atoms with van der Waals surface area (Å²) in [5.74, 6) is -1.12. The van der Waals surface area contributed by atoms with E-state index in [4.69, 9.17) is 14.6 Å². The molecule has 1 aliphatic rings. The summed E-state index contributed by atoms with van der Waals surface area (Å²) in [6.45, 7) is 5.82. The first-order chi connectivity index (χ1) is 10.5. The van der Waals surface area contributed by atoms with Crippen molar-refractivity contribution in [3.8, 4) is 5.75 Å². The molecule has 0 aromatic carbocycles. The number of pyridine rings is 1. The molecule has 1 unspecified atom stereocenters. The zero-order valence-corrected chi connectivity index (χ0v) is 12.3. The van der Waals surface area contributed by atoms with Crippen molar-refractivity contribution in [2.45, 2.75) is 19.1 Å². The van der Waals surface area contributed by atoms with Crippen LogP contribution in [0.25, 0.3) is 0 Å². The average molecular weight is 306 g/mol.